The van der Waals surface area contributed by atoms with Gasteiger partial charge in [0, 0.05) is 24.3 Å². The molecule has 0 amide bonds. The van der Waals surface area contributed by atoms with Gasteiger partial charge >= 0.3 is 0 Å². The quantitative estimate of drug-likeness (QED) is 0.761. The number of nitrogens with zero attached hydrogens (tertiary/aromatic N) is 2. The van der Waals surface area contributed by atoms with E-state index in [2.05, 4.69) is 39.0 Å². The molecule has 2 N–H and O–H groups in total. The Bertz CT molecular complexity index is 757. The van der Waals surface area contributed by atoms with Crippen LogP contribution in [0.4, 0.5) is 0 Å². The zero-order chi connectivity index (χ0) is 15.6. The Balaban J connectivity index is 1.99. The fourth-order valence-electron chi connectivity index (χ4n) is 2.60. The van der Waals surface area contributed by atoms with Crippen LogP contribution in [0.1, 0.15) is 19.5 Å². The van der Waals surface area contributed by atoms with Crippen LogP contribution in [0, 0.1) is 0 Å². The lowest BCUT2D eigenvalue weighted by Gasteiger charge is -2.19. The van der Waals surface area contributed by atoms with Crippen molar-refractivity contribution >= 4 is 5.52 Å². The van der Waals surface area contributed by atoms with Gasteiger partial charge in [-0.05, 0) is 25.5 Å². The second-order valence-electron chi connectivity index (χ2n) is 6.16. The van der Waals surface area contributed by atoms with Crippen molar-refractivity contribution in [3.63, 3.8) is 0 Å². The summed E-state index contributed by atoms with van der Waals surface area (Å²) in [5.41, 5.74) is 3.84. The van der Waals surface area contributed by atoms with Crippen molar-refractivity contribution in [2.24, 2.45) is 0 Å². The standard InChI is InChI=1S/C18H21N3O/c1-18(2,22)12-19-11-17-16(14-6-4-3-5-7-14)9-8-15-10-20-13-21(15)17/h3-10,13,19,22H,11-12H2,1-2H3. The van der Waals surface area contributed by atoms with Crippen LogP contribution in [0.5, 0.6) is 0 Å². The number of pyridine rings is 1. The minimum absolute atomic E-state index is 0.534. The van der Waals surface area contributed by atoms with Crippen molar-refractivity contribution in [3.8, 4) is 11.1 Å². The number of aliphatic hydroxyl groups is 1. The normalized spacial score (nSPS) is 12.0. The zero-order valence-corrected chi connectivity index (χ0v) is 13.0. The Labute approximate surface area is 130 Å². The Morgan fingerprint density at radius 3 is 2.64 bits per heavy atom. The van der Waals surface area contributed by atoms with Crippen LogP contribution in [0.15, 0.2) is 55.0 Å². The van der Waals surface area contributed by atoms with Crippen molar-refractivity contribution in [2.75, 3.05) is 6.54 Å². The van der Waals surface area contributed by atoms with Crippen molar-refractivity contribution in [1.82, 2.24) is 14.7 Å². The predicted octanol–water partition coefficient (Wildman–Crippen LogP) is 2.86. The highest BCUT2D eigenvalue weighted by Crippen LogP contribution is 2.25. The lowest BCUT2D eigenvalue weighted by Crippen LogP contribution is -2.34. The smallest absolute Gasteiger partial charge is 0.0994 e. The van der Waals surface area contributed by atoms with E-state index in [1.54, 1.807) is 13.8 Å². The number of nitrogens with one attached hydrogen (secondary N) is 1. The van der Waals surface area contributed by atoms with E-state index in [-0.39, 0.29) is 0 Å². The molecule has 1 aromatic carbocycles. The number of hydrogen-bond acceptors (Lipinski definition) is 3. The molecule has 0 fully saturated rings. The summed E-state index contributed by atoms with van der Waals surface area (Å²) >= 11 is 0. The van der Waals surface area contributed by atoms with E-state index in [4.69, 9.17) is 0 Å². The molecular weight excluding hydrogens is 274 g/mol. The van der Waals surface area contributed by atoms with Gasteiger partial charge in [0.2, 0.25) is 0 Å². The van der Waals surface area contributed by atoms with Crippen LogP contribution in [0.2, 0.25) is 0 Å². The molecule has 0 radical (unpaired) electrons. The molecule has 4 heteroatoms. The fraction of sp³-hybridized carbons (Fsp3) is 0.278. The first-order chi connectivity index (χ1) is 10.5. The lowest BCUT2D eigenvalue weighted by molar-refractivity contribution is 0.0794. The van der Waals surface area contributed by atoms with E-state index >= 15 is 0 Å². The van der Waals surface area contributed by atoms with E-state index in [1.807, 2.05) is 30.7 Å². The van der Waals surface area contributed by atoms with Gasteiger partial charge in [-0.3, -0.25) is 0 Å². The summed E-state index contributed by atoms with van der Waals surface area (Å²) < 4.78 is 2.10. The van der Waals surface area contributed by atoms with Crippen LogP contribution < -0.4 is 5.32 Å². The minimum Gasteiger partial charge on any atom is -0.389 e. The third kappa shape index (κ3) is 3.18. The van der Waals surface area contributed by atoms with E-state index in [1.165, 1.54) is 11.1 Å². The van der Waals surface area contributed by atoms with Crippen molar-refractivity contribution in [3.05, 3.63) is 60.7 Å². The summed E-state index contributed by atoms with van der Waals surface area (Å²) in [5.74, 6) is 0. The van der Waals surface area contributed by atoms with Crippen LogP contribution in [0.25, 0.3) is 16.6 Å². The molecule has 2 heterocycles. The van der Waals surface area contributed by atoms with Gasteiger partial charge < -0.3 is 14.8 Å². The van der Waals surface area contributed by atoms with E-state index in [9.17, 15) is 5.11 Å². The minimum atomic E-state index is -0.726. The lowest BCUT2D eigenvalue weighted by atomic mass is 10.0. The molecular formula is C18H21N3O. The van der Waals surface area contributed by atoms with Gasteiger partial charge in [0.05, 0.1) is 23.6 Å². The fourth-order valence-corrected chi connectivity index (χ4v) is 2.60. The summed E-state index contributed by atoms with van der Waals surface area (Å²) in [5, 5.41) is 13.2. The van der Waals surface area contributed by atoms with E-state index < -0.39 is 5.60 Å². The van der Waals surface area contributed by atoms with Gasteiger partial charge in [0.15, 0.2) is 0 Å². The van der Waals surface area contributed by atoms with Crippen LogP contribution in [-0.4, -0.2) is 26.6 Å². The molecule has 4 nitrogen and oxygen atoms in total. The highest BCUT2D eigenvalue weighted by Gasteiger charge is 2.14. The zero-order valence-electron chi connectivity index (χ0n) is 13.0. The number of aromatic nitrogens is 2. The summed E-state index contributed by atoms with van der Waals surface area (Å²) in [7, 11) is 0. The van der Waals surface area contributed by atoms with Gasteiger partial charge in [-0.2, -0.15) is 0 Å². The maximum absolute atomic E-state index is 9.87. The molecule has 0 spiro atoms. The summed E-state index contributed by atoms with van der Waals surface area (Å²) in [6.07, 6.45) is 3.69. The van der Waals surface area contributed by atoms with Crippen LogP contribution in [0.3, 0.4) is 0 Å². The van der Waals surface area contributed by atoms with Gasteiger partial charge in [0.1, 0.15) is 0 Å². The Kier molecular flexibility index (Phi) is 3.96. The molecule has 0 saturated carbocycles. The van der Waals surface area contributed by atoms with Crippen molar-refractivity contribution in [1.29, 1.82) is 0 Å². The Morgan fingerprint density at radius 2 is 1.91 bits per heavy atom. The second kappa shape index (κ2) is 5.91. The highest BCUT2D eigenvalue weighted by atomic mass is 16.3. The molecule has 3 aromatic rings. The molecule has 3 rings (SSSR count). The number of hydrogen-bond donors (Lipinski definition) is 2. The van der Waals surface area contributed by atoms with E-state index in [0.717, 1.165) is 11.2 Å². The number of benzene rings is 1. The predicted molar refractivity (Wildman–Crippen MR) is 88.6 cm³/mol. The molecule has 0 atom stereocenters. The molecule has 0 bridgehead atoms. The number of fused-ring (bicyclic) bond motifs is 1. The average Bonchev–Trinajstić information content (AvgIpc) is 2.96. The molecule has 0 aliphatic rings. The Hall–Kier alpha value is -2.17. The topological polar surface area (TPSA) is 49.6 Å². The van der Waals surface area contributed by atoms with Gasteiger partial charge in [-0.1, -0.05) is 36.4 Å². The Morgan fingerprint density at radius 1 is 1.14 bits per heavy atom. The van der Waals surface area contributed by atoms with Crippen LogP contribution in [-0.2, 0) is 6.54 Å². The SMILES string of the molecule is CC(C)(O)CNCc1c(-c2ccccc2)ccc2cncn12. The third-order valence-electron chi connectivity index (χ3n) is 3.62. The average molecular weight is 295 g/mol. The number of rotatable bonds is 5. The summed E-state index contributed by atoms with van der Waals surface area (Å²) in [4.78, 5) is 4.24. The molecule has 0 saturated heterocycles. The third-order valence-corrected chi connectivity index (χ3v) is 3.62. The maximum atomic E-state index is 9.87. The monoisotopic (exact) mass is 295 g/mol. The molecule has 0 aliphatic carbocycles. The molecule has 22 heavy (non-hydrogen) atoms. The van der Waals surface area contributed by atoms with Crippen molar-refractivity contribution < 1.29 is 5.11 Å². The van der Waals surface area contributed by atoms with Crippen molar-refractivity contribution in [2.45, 2.75) is 26.0 Å². The summed E-state index contributed by atoms with van der Waals surface area (Å²) in [6, 6.07) is 14.5. The summed E-state index contributed by atoms with van der Waals surface area (Å²) in [6.45, 7) is 4.81. The second-order valence-corrected chi connectivity index (χ2v) is 6.16. The maximum Gasteiger partial charge on any atom is 0.0994 e. The molecule has 2 aromatic heterocycles. The van der Waals surface area contributed by atoms with Gasteiger partial charge in [0.25, 0.3) is 0 Å². The first-order valence-corrected chi connectivity index (χ1v) is 7.47. The van der Waals surface area contributed by atoms with Gasteiger partial charge in [-0.25, -0.2) is 4.98 Å². The molecule has 0 aliphatic heterocycles. The number of imidazole rings is 1. The first-order valence-electron chi connectivity index (χ1n) is 7.47. The first kappa shape index (κ1) is 14.8. The van der Waals surface area contributed by atoms with Gasteiger partial charge in [-0.15, -0.1) is 0 Å². The molecule has 114 valence electrons. The highest BCUT2D eigenvalue weighted by molar-refractivity contribution is 5.69. The molecule has 0 unspecified atom stereocenters. The van der Waals surface area contributed by atoms with E-state index in [0.29, 0.717) is 13.1 Å². The largest absolute Gasteiger partial charge is 0.389 e. The van der Waals surface area contributed by atoms with Crippen LogP contribution >= 0.6 is 0 Å².